The summed E-state index contributed by atoms with van der Waals surface area (Å²) in [5.74, 6) is -0.00771. The van der Waals surface area contributed by atoms with Crippen molar-refractivity contribution in [2.75, 3.05) is 0 Å². The second kappa shape index (κ2) is 5.70. The lowest BCUT2D eigenvalue weighted by atomic mass is 9.97. The number of aldehydes is 1. The lowest BCUT2D eigenvalue weighted by Gasteiger charge is -2.09. The molecule has 0 aromatic heterocycles. The summed E-state index contributed by atoms with van der Waals surface area (Å²) in [4.78, 5) is 11.0. The highest BCUT2D eigenvalue weighted by Gasteiger charge is 2.09. The Labute approximate surface area is 131 Å². The minimum atomic E-state index is -0.00771. The molecule has 0 atom stereocenters. The van der Waals surface area contributed by atoms with E-state index in [1.165, 1.54) is 16.3 Å². The van der Waals surface area contributed by atoms with E-state index in [1.54, 1.807) is 6.07 Å². The smallest absolute Gasteiger partial charge is 0.153 e. The number of rotatable bonds is 3. The third-order valence-corrected chi connectivity index (χ3v) is 4.16. The second-order valence-corrected chi connectivity index (χ2v) is 5.80. The zero-order chi connectivity index (χ0) is 14.8. The van der Waals surface area contributed by atoms with Gasteiger partial charge in [0, 0.05) is 0 Å². The van der Waals surface area contributed by atoms with Gasteiger partial charge in [0.1, 0.15) is 5.75 Å². The molecule has 104 valence electrons. The van der Waals surface area contributed by atoms with Crippen LogP contribution in [0.5, 0.6) is 5.75 Å². The zero-order valence-electron chi connectivity index (χ0n) is 11.2. The lowest BCUT2D eigenvalue weighted by molar-refractivity contribution is 0.112. The van der Waals surface area contributed by atoms with Crippen molar-refractivity contribution in [1.29, 1.82) is 0 Å². The average Bonchev–Trinajstić information content (AvgIpc) is 2.51. The molecule has 0 saturated heterocycles. The summed E-state index contributed by atoms with van der Waals surface area (Å²) in [7, 11) is 0. The SMILES string of the molecule is O=Cc1cc(Cc2cccc3ccccc23)cc(Br)c1O. The molecule has 3 aromatic carbocycles. The number of hydrogen-bond acceptors (Lipinski definition) is 2. The van der Waals surface area contributed by atoms with E-state index in [2.05, 4.69) is 40.2 Å². The maximum atomic E-state index is 11.0. The molecule has 3 aromatic rings. The van der Waals surface area contributed by atoms with Crippen LogP contribution in [-0.4, -0.2) is 11.4 Å². The topological polar surface area (TPSA) is 37.3 Å². The summed E-state index contributed by atoms with van der Waals surface area (Å²) >= 11 is 3.29. The third kappa shape index (κ3) is 2.69. The quantitative estimate of drug-likeness (QED) is 0.701. The highest BCUT2D eigenvalue weighted by atomic mass is 79.9. The zero-order valence-corrected chi connectivity index (χ0v) is 12.8. The molecule has 3 heteroatoms. The fourth-order valence-corrected chi connectivity index (χ4v) is 3.06. The summed E-state index contributed by atoms with van der Waals surface area (Å²) in [6.45, 7) is 0. The molecule has 0 spiro atoms. The maximum Gasteiger partial charge on any atom is 0.153 e. The van der Waals surface area contributed by atoms with Crippen LogP contribution in [0.4, 0.5) is 0 Å². The fraction of sp³-hybridized carbons (Fsp3) is 0.0556. The number of hydrogen-bond donors (Lipinski definition) is 1. The van der Waals surface area contributed by atoms with E-state index in [0.29, 0.717) is 22.7 Å². The van der Waals surface area contributed by atoms with Crippen molar-refractivity contribution >= 4 is 33.0 Å². The molecule has 0 aliphatic rings. The predicted octanol–water partition coefficient (Wildman–Crippen LogP) is 4.71. The molecule has 0 amide bonds. The van der Waals surface area contributed by atoms with Gasteiger partial charge in [-0.15, -0.1) is 0 Å². The van der Waals surface area contributed by atoms with Crippen molar-refractivity contribution < 1.29 is 9.90 Å². The van der Waals surface area contributed by atoms with Crippen molar-refractivity contribution in [3.8, 4) is 5.75 Å². The van der Waals surface area contributed by atoms with Crippen LogP contribution in [0.3, 0.4) is 0 Å². The van der Waals surface area contributed by atoms with Gasteiger partial charge < -0.3 is 5.11 Å². The Morgan fingerprint density at radius 2 is 1.81 bits per heavy atom. The summed E-state index contributed by atoms with van der Waals surface area (Å²) in [6.07, 6.45) is 1.38. The second-order valence-electron chi connectivity index (χ2n) is 4.95. The first-order valence-corrected chi connectivity index (χ1v) is 7.41. The molecule has 0 saturated carbocycles. The van der Waals surface area contributed by atoms with Gasteiger partial charge in [0.15, 0.2) is 6.29 Å². The Balaban J connectivity index is 2.07. The van der Waals surface area contributed by atoms with Crippen LogP contribution in [0.25, 0.3) is 10.8 Å². The molecule has 0 aliphatic carbocycles. The minimum absolute atomic E-state index is 0.00771. The average molecular weight is 341 g/mol. The molecular weight excluding hydrogens is 328 g/mol. The normalized spacial score (nSPS) is 10.7. The van der Waals surface area contributed by atoms with Gasteiger partial charge in [0.25, 0.3) is 0 Å². The minimum Gasteiger partial charge on any atom is -0.506 e. The molecule has 0 unspecified atom stereocenters. The van der Waals surface area contributed by atoms with Gasteiger partial charge in [-0.2, -0.15) is 0 Å². The Morgan fingerprint density at radius 1 is 1.05 bits per heavy atom. The molecule has 1 N–H and O–H groups in total. The molecule has 21 heavy (non-hydrogen) atoms. The number of carbonyl (C=O) groups excluding carboxylic acids is 1. The third-order valence-electron chi connectivity index (χ3n) is 3.55. The van der Waals surface area contributed by atoms with E-state index in [4.69, 9.17) is 0 Å². The van der Waals surface area contributed by atoms with Crippen molar-refractivity contribution in [3.63, 3.8) is 0 Å². The molecule has 0 bridgehead atoms. The molecule has 0 fully saturated rings. The monoisotopic (exact) mass is 340 g/mol. The van der Waals surface area contributed by atoms with Gasteiger partial charge in [-0.3, -0.25) is 4.79 Å². The molecule has 0 aliphatic heterocycles. The van der Waals surface area contributed by atoms with E-state index in [0.717, 1.165) is 5.56 Å². The summed E-state index contributed by atoms with van der Waals surface area (Å²) < 4.78 is 0.544. The number of aromatic hydroxyl groups is 1. The molecule has 3 rings (SSSR count). The molecular formula is C18H13BrO2. The Hall–Kier alpha value is -2.13. The van der Waals surface area contributed by atoms with Crippen LogP contribution < -0.4 is 0 Å². The van der Waals surface area contributed by atoms with Crippen LogP contribution in [0.2, 0.25) is 0 Å². The number of carbonyl (C=O) groups is 1. The first kappa shape index (κ1) is 13.8. The number of phenols is 1. The van der Waals surface area contributed by atoms with E-state index in [-0.39, 0.29) is 5.75 Å². The van der Waals surface area contributed by atoms with Crippen molar-refractivity contribution in [2.45, 2.75) is 6.42 Å². The van der Waals surface area contributed by atoms with Crippen molar-refractivity contribution in [3.05, 3.63) is 75.8 Å². The van der Waals surface area contributed by atoms with Crippen LogP contribution in [0.1, 0.15) is 21.5 Å². The summed E-state index contributed by atoms with van der Waals surface area (Å²) in [6, 6.07) is 18.0. The number of fused-ring (bicyclic) bond motifs is 1. The van der Waals surface area contributed by atoms with E-state index in [9.17, 15) is 9.90 Å². The number of halogens is 1. The van der Waals surface area contributed by atoms with Crippen LogP contribution in [-0.2, 0) is 6.42 Å². The van der Waals surface area contributed by atoms with Gasteiger partial charge >= 0.3 is 0 Å². The van der Waals surface area contributed by atoms with Crippen LogP contribution in [0, 0.1) is 0 Å². The largest absolute Gasteiger partial charge is 0.506 e. The van der Waals surface area contributed by atoms with Crippen LogP contribution in [0.15, 0.2) is 59.1 Å². The van der Waals surface area contributed by atoms with Crippen LogP contribution >= 0.6 is 15.9 Å². The summed E-state index contributed by atoms with van der Waals surface area (Å²) in [5.41, 5.74) is 2.49. The fourth-order valence-electron chi connectivity index (χ4n) is 2.54. The van der Waals surface area contributed by atoms with Gasteiger partial charge in [0.2, 0.25) is 0 Å². The summed E-state index contributed by atoms with van der Waals surface area (Å²) in [5, 5.41) is 12.2. The van der Waals surface area contributed by atoms with Crippen molar-refractivity contribution in [1.82, 2.24) is 0 Å². The molecule has 2 nitrogen and oxygen atoms in total. The van der Waals surface area contributed by atoms with Gasteiger partial charge in [-0.25, -0.2) is 0 Å². The number of phenolic OH excluding ortho intramolecular Hbond substituents is 1. The standard InChI is InChI=1S/C18H13BrO2/c19-17-10-12(9-15(11-20)18(17)21)8-14-6-3-5-13-4-1-2-7-16(13)14/h1-7,9-11,21H,8H2. The molecule has 0 heterocycles. The van der Waals surface area contributed by atoms with E-state index < -0.39 is 0 Å². The Kier molecular flexibility index (Phi) is 3.76. The van der Waals surface area contributed by atoms with Gasteiger partial charge in [-0.05, 0) is 56.4 Å². The maximum absolute atomic E-state index is 11.0. The van der Waals surface area contributed by atoms with Crippen molar-refractivity contribution in [2.24, 2.45) is 0 Å². The van der Waals surface area contributed by atoms with Gasteiger partial charge in [-0.1, -0.05) is 42.5 Å². The first-order valence-electron chi connectivity index (χ1n) is 6.62. The lowest BCUT2D eigenvalue weighted by Crippen LogP contribution is -1.93. The first-order chi connectivity index (χ1) is 10.2. The van der Waals surface area contributed by atoms with E-state index >= 15 is 0 Å². The Morgan fingerprint density at radius 3 is 2.62 bits per heavy atom. The highest BCUT2D eigenvalue weighted by Crippen LogP contribution is 2.30. The number of benzene rings is 3. The molecule has 0 radical (unpaired) electrons. The predicted molar refractivity (Wildman–Crippen MR) is 87.9 cm³/mol. The van der Waals surface area contributed by atoms with E-state index in [1.807, 2.05) is 24.3 Å². The van der Waals surface area contributed by atoms with Gasteiger partial charge in [0.05, 0.1) is 10.0 Å². The highest BCUT2D eigenvalue weighted by molar-refractivity contribution is 9.10. The Bertz CT molecular complexity index is 819.